The highest BCUT2D eigenvalue weighted by Gasteiger charge is 2.22. The maximum Gasteiger partial charge on any atom is 0.170 e. The summed E-state index contributed by atoms with van der Waals surface area (Å²) in [7, 11) is 0. The SMILES string of the molecule is C=CC1=C(C=C)C(=O)CC(C)O1. The Balaban J connectivity index is 3.05. The van der Waals surface area contributed by atoms with Crippen LogP contribution < -0.4 is 0 Å². The molecule has 12 heavy (non-hydrogen) atoms. The molecule has 1 rings (SSSR count). The third-order valence-electron chi connectivity index (χ3n) is 1.76. The Morgan fingerprint density at radius 2 is 2.17 bits per heavy atom. The van der Waals surface area contributed by atoms with E-state index in [4.69, 9.17) is 4.74 Å². The monoisotopic (exact) mass is 164 g/mol. The minimum Gasteiger partial charge on any atom is -0.490 e. The molecule has 1 aliphatic heterocycles. The highest BCUT2D eigenvalue weighted by atomic mass is 16.5. The Morgan fingerprint density at radius 1 is 1.50 bits per heavy atom. The highest BCUT2D eigenvalue weighted by molar-refractivity contribution is 5.99. The molecule has 0 spiro atoms. The Bertz CT molecular complexity index is 261. The third kappa shape index (κ3) is 1.47. The lowest BCUT2D eigenvalue weighted by atomic mass is 10.0. The molecule has 0 bridgehead atoms. The molecule has 0 aliphatic carbocycles. The van der Waals surface area contributed by atoms with Gasteiger partial charge in [-0.15, -0.1) is 0 Å². The van der Waals surface area contributed by atoms with Crippen molar-refractivity contribution >= 4 is 5.78 Å². The molecular formula is C10H12O2. The van der Waals surface area contributed by atoms with Crippen LogP contribution in [0.25, 0.3) is 0 Å². The summed E-state index contributed by atoms with van der Waals surface area (Å²) >= 11 is 0. The van der Waals surface area contributed by atoms with E-state index in [1.807, 2.05) is 6.92 Å². The van der Waals surface area contributed by atoms with Crippen molar-refractivity contribution in [3.63, 3.8) is 0 Å². The largest absolute Gasteiger partial charge is 0.490 e. The molecule has 0 N–H and O–H groups in total. The summed E-state index contributed by atoms with van der Waals surface area (Å²) in [5, 5.41) is 0. The van der Waals surface area contributed by atoms with E-state index in [0.29, 0.717) is 17.8 Å². The van der Waals surface area contributed by atoms with Crippen molar-refractivity contribution < 1.29 is 9.53 Å². The van der Waals surface area contributed by atoms with Crippen LogP contribution in [0.1, 0.15) is 13.3 Å². The van der Waals surface area contributed by atoms with Crippen LogP contribution in [-0.4, -0.2) is 11.9 Å². The summed E-state index contributed by atoms with van der Waals surface area (Å²) in [6.45, 7) is 8.98. The van der Waals surface area contributed by atoms with Gasteiger partial charge in [0.1, 0.15) is 11.9 Å². The minimum absolute atomic E-state index is 0.0470. The van der Waals surface area contributed by atoms with Gasteiger partial charge in [0.05, 0.1) is 5.57 Å². The second kappa shape index (κ2) is 3.39. The van der Waals surface area contributed by atoms with E-state index in [9.17, 15) is 4.79 Å². The number of carbonyl (C=O) groups is 1. The van der Waals surface area contributed by atoms with Gasteiger partial charge < -0.3 is 4.74 Å². The van der Waals surface area contributed by atoms with Gasteiger partial charge in [-0.1, -0.05) is 19.2 Å². The van der Waals surface area contributed by atoms with E-state index >= 15 is 0 Å². The second-order valence-electron chi connectivity index (χ2n) is 2.74. The van der Waals surface area contributed by atoms with Crippen molar-refractivity contribution in [2.24, 2.45) is 0 Å². The number of Topliss-reactive ketones (excluding diaryl/α,β-unsaturated/α-hetero) is 1. The quantitative estimate of drug-likeness (QED) is 0.623. The van der Waals surface area contributed by atoms with Crippen molar-refractivity contribution in [1.29, 1.82) is 0 Å². The van der Waals surface area contributed by atoms with Crippen LogP contribution in [0.3, 0.4) is 0 Å². The van der Waals surface area contributed by atoms with Crippen LogP contribution in [-0.2, 0) is 9.53 Å². The predicted molar refractivity (Wildman–Crippen MR) is 47.6 cm³/mol. The lowest BCUT2D eigenvalue weighted by molar-refractivity contribution is -0.118. The van der Waals surface area contributed by atoms with Gasteiger partial charge in [-0.05, 0) is 13.0 Å². The average Bonchev–Trinajstić information content (AvgIpc) is 2.03. The molecule has 0 aromatic rings. The third-order valence-corrected chi connectivity index (χ3v) is 1.76. The summed E-state index contributed by atoms with van der Waals surface area (Å²) in [6, 6.07) is 0. The van der Waals surface area contributed by atoms with Crippen LogP contribution in [0, 0.1) is 0 Å². The molecule has 1 heterocycles. The summed E-state index contributed by atoms with van der Waals surface area (Å²) in [5.41, 5.74) is 0.545. The van der Waals surface area contributed by atoms with Crippen LogP contribution >= 0.6 is 0 Å². The molecule has 0 aromatic heterocycles. The molecule has 0 saturated heterocycles. The van der Waals surface area contributed by atoms with Gasteiger partial charge in [0, 0.05) is 6.42 Å². The average molecular weight is 164 g/mol. The van der Waals surface area contributed by atoms with Crippen LogP contribution in [0.2, 0.25) is 0 Å². The topological polar surface area (TPSA) is 26.3 Å². The molecule has 2 heteroatoms. The van der Waals surface area contributed by atoms with Gasteiger partial charge >= 0.3 is 0 Å². The van der Waals surface area contributed by atoms with Gasteiger partial charge in [0.15, 0.2) is 5.78 Å². The highest BCUT2D eigenvalue weighted by Crippen LogP contribution is 2.21. The fraction of sp³-hybridized carbons (Fsp3) is 0.300. The number of hydrogen-bond acceptors (Lipinski definition) is 2. The molecule has 1 unspecified atom stereocenters. The Kier molecular flexibility index (Phi) is 2.48. The number of carbonyl (C=O) groups excluding carboxylic acids is 1. The fourth-order valence-electron chi connectivity index (χ4n) is 1.20. The zero-order valence-corrected chi connectivity index (χ0v) is 7.17. The molecule has 1 aliphatic rings. The molecular weight excluding hydrogens is 152 g/mol. The minimum atomic E-state index is -0.0470. The van der Waals surface area contributed by atoms with E-state index in [1.54, 1.807) is 6.08 Å². The molecule has 2 nitrogen and oxygen atoms in total. The maximum absolute atomic E-state index is 11.3. The summed E-state index contributed by atoms with van der Waals surface area (Å²) < 4.78 is 5.38. The van der Waals surface area contributed by atoms with Crippen molar-refractivity contribution in [3.8, 4) is 0 Å². The van der Waals surface area contributed by atoms with Gasteiger partial charge in [0.2, 0.25) is 0 Å². The van der Waals surface area contributed by atoms with Crippen molar-refractivity contribution in [1.82, 2.24) is 0 Å². The van der Waals surface area contributed by atoms with Gasteiger partial charge in [-0.25, -0.2) is 0 Å². The Morgan fingerprint density at radius 3 is 2.67 bits per heavy atom. The zero-order chi connectivity index (χ0) is 9.14. The summed E-state index contributed by atoms with van der Waals surface area (Å²) in [5.74, 6) is 0.632. The normalized spacial score (nSPS) is 23.4. The number of rotatable bonds is 2. The van der Waals surface area contributed by atoms with E-state index in [0.717, 1.165) is 0 Å². The molecule has 0 saturated carbocycles. The van der Waals surface area contributed by atoms with Crippen LogP contribution in [0.5, 0.6) is 0 Å². The first kappa shape index (κ1) is 8.78. The standard InChI is InChI=1S/C10H12O2/c1-4-8-9(11)6-7(3)12-10(8)5-2/h4-5,7H,1-2,6H2,3H3. The first-order valence-corrected chi connectivity index (χ1v) is 3.88. The Hall–Kier alpha value is -1.31. The Labute approximate surface area is 72.2 Å². The molecule has 0 radical (unpaired) electrons. The predicted octanol–water partition coefficient (Wildman–Crippen LogP) is 1.99. The van der Waals surface area contributed by atoms with E-state index in [1.165, 1.54) is 6.08 Å². The smallest absolute Gasteiger partial charge is 0.170 e. The maximum atomic E-state index is 11.3. The number of hydrogen-bond donors (Lipinski definition) is 0. The first-order chi connectivity index (χ1) is 5.69. The first-order valence-electron chi connectivity index (χ1n) is 3.88. The number of ether oxygens (including phenoxy) is 1. The molecule has 0 fully saturated rings. The van der Waals surface area contributed by atoms with Crippen molar-refractivity contribution in [3.05, 3.63) is 36.6 Å². The van der Waals surface area contributed by atoms with E-state index in [-0.39, 0.29) is 11.9 Å². The van der Waals surface area contributed by atoms with Gasteiger partial charge in [0.25, 0.3) is 0 Å². The van der Waals surface area contributed by atoms with Crippen molar-refractivity contribution in [2.75, 3.05) is 0 Å². The molecule has 0 aromatic carbocycles. The van der Waals surface area contributed by atoms with E-state index < -0.39 is 0 Å². The van der Waals surface area contributed by atoms with Crippen molar-refractivity contribution in [2.45, 2.75) is 19.4 Å². The van der Waals surface area contributed by atoms with Gasteiger partial charge in [-0.3, -0.25) is 4.79 Å². The lowest BCUT2D eigenvalue weighted by Gasteiger charge is -2.21. The number of allylic oxidation sites excluding steroid dienone is 3. The molecule has 64 valence electrons. The van der Waals surface area contributed by atoms with E-state index in [2.05, 4.69) is 13.2 Å². The zero-order valence-electron chi connectivity index (χ0n) is 7.17. The lowest BCUT2D eigenvalue weighted by Crippen LogP contribution is -2.21. The number of ketones is 1. The summed E-state index contributed by atoms with van der Waals surface area (Å²) in [6.07, 6.45) is 3.45. The van der Waals surface area contributed by atoms with Crippen LogP contribution in [0.15, 0.2) is 36.6 Å². The molecule has 0 amide bonds. The molecule has 1 atom stereocenters. The van der Waals surface area contributed by atoms with Gasteiger partial charge in [-0.2, -0.15) is 0 Å². The fourth-order valence-corrected chi connectivity index (χ4v) is 1.20. The summed E-state index contributed by atoms with van der Waals surface area (Å²) in [4.78, 5) is 11.3. The van der Waals surface area contributed by atoms with Crippen LogP contribution in [0.4, 0.5) is 0 Å². The second-order valence-corrected chi connectivity index (χ2v) is 2.74.